The molecule has 9 rings (SSSR count). The number of nitrogens with zero attached hydrogens (tertiary/aromatic N) is 2. The van der Waals surface area contributed by atoms with E-state index in [1.165, 1.54) is 89.3 Å². The van der Waals surface area contributed by atoms with E-state index in [-0.39, 0.29) is 0 Å². The molecule has 0 aliphatic heterocycles. The molecule has 2 aromatic heterocycles. The van der Waals surface area contributed by atoms with Crippen molar-refractivity contribution in [3.05, 3.63) is 135 Å². The number of aromatic nitrogens is 2. The quantitative estimate of drug-likeness (QED) is 0.196. The van der Waals surface area contributed by atoms with E-state index < -0.39 is 0 Å². The molecule has 0 N–H and O–H groups in total. The van der Waals surface area contributed by atoms with Crippen LogP contribution in [-0.2, 0) is 19.3 Å². The van der Waals surface area contributed by atoms with Crippen LogP contribution in [0.2, 0.25) is 0 Å². The fraction of sp³-hybridized carbons (Fsp3) is 0.209. The highest BCUT2D eigenvalue weighted by molar-refractivity contribution is 6.03. The number of allylic oxidation sites excluding steroid dienone is 7. The predicted octanol–water partition coefficient (Wildman–Crippen LogP) is 9.17. The molecular formula is C43H38N2. The first-order valence-corrected chi connectivity index (χ1v) is 16.7. The molecule has 0 fully saturated rings. The summed E-state index contributed by atoms with van der Waals surface area (Å²) < 4.78 is 5.15. The summed E-state index contributed by atoms with van der Waals surface area (Å²) in [4.78, 5) is 0. The van der Waals surface area contributed by atoms with Crippen LogP contribution in [0.5, 0.6) is 0 Å². The molecule has 220 valence electrons. The minimum Gasteiger partial charge on any atom is -0.312 e. The minimum absolute atomic E-state index is 0.577. The van der Waals surface area contributed by atoms with Crippen molar-refractivity contribution in [2.45, 2.75) is 52.4 Å². The summed E-state index contributed by atoms with van der Waals surface area (Å²) in [6.07, 6.45) is 31.8. The minimum atomic E-state index is 0.577. The third-order valence-corrected chi connectivity index (χ3v) is 10.6. The zero-order valence-corrected chi connectivity index (χ0v) is 26.2. The van der Waals surface area contributed by atoms with Crippen molar-refractivity contribution in [2.24, 2.45) is 5.92 Å². The third kappa shape index (κ3) is 4.08. The Morgan fingerprint density at radius 3 is 2.62 bits per heavy atom. The van der Waals surface area contributed by atoms with E-state index in [1.54, 1.807) is 0 Å². The molecule has 4 aliphatic carbocycles. The Kier molecular flexibility index (Phi) is 6.13. The van der Waals surface area contributed by atoms with Gasteiger partial charge in [-0.2, -0.15) is 0 Å². The van der Waals surface area contributed by atoms with Crippen LogP contribution in [0.15, 0.2) is 90.6 Å². The fourth-order valence-corrected chi connectivity index (χ4v) is 8.16. The lowest BCUT2D eigenvalue weighted by Crippen LogP contribution is -2.28. The number of hydrogen-bond donors (Lipinski definition) is 0. The Labute approximate surface area is 265 Å². The molecule has 0 saturated heterocycles. The lowest BCUT2D eigenvalue weighted by molar-refractivity contribution is 0.671. The SMILES string of the molecule is CC1=Cc2c(cccc2-n2c3c(c4cc5c(cc42)c2c(n5-c4cccc5c4CCCC=C5)CC=CC=C2)=CCC=CC=3)CC1C. The first-order valence-electron chi connectivity index (χ1n) is 16.7. The zero-order valence-electron chi connectivity index (χ0n) is 26.2. The Hall–Kier alpha value is -4.82. The predicted molar refractivity (Wildman–Crippen MR) is 192 cm³/mol. The highest BCUT2D eigenvalue weighted by atomic mass is 15.0. The van der Waals surface area contributed by atoms with Gasteiger partial charge in [-0.3, -0.25) is 0 Å². The molecule has 2 heteroatoms. The van der Waals surface area contributed by atoms with Gasteiger partial charge in [-0.25, -0.2) is 0 Å². The lowest BCUT2D eigenvalue weighted by Gasteiger charge is -2.23. The molecule has 2 nitrogen and oxygen atoms in total. The van der Waals surface area contributed by atoms with Crippen LogP contribution in [0.3, 0.4) is 0 Å². The normalized spacial score (nSPS) is 18.3. The highest BCUT2D eigenvalue weighted by Crippen LogP contribution is 2.38. The van der Waals surface area contributed by atoms with Gasteiger partial charge in [-0.15, -0.1) is 0 Å². The molecular weight excluding hydrogens is 544 g/mol. The summed E-state index contributed by atoms with van der Waals surface area (Å²) in [5, 5.41) is 5.27. The molecule has 0 amide bonds. The molecule has 0 saturated carbocycles. The average Bonchev–Trinajstić information content (AvgIpc) is 3.29. The molecule has 45 heavy (non-hydrogen) atoms. The van der Waals surface area contributed by atoms with Crippen LogP contribution < -0.4 is 10.6 Å². The van der Waals surface area contributed by atoms with Gasteiger partial charge in [-0.1, -0.05) is 97.5 Å². The Balaban J connectivity index is 1.41. The summed E-state index contributed by atoms with van der Waals surface area (Å²) >= 11 is 0. The van der Waals surface area contributed by atoms with E-state index in [0.717, 1.165) is 32.1 Å². The molecule has 0 bridgehead atoms. The molecule has 2 heterocycles. The van der Waals surface area contributed by atoms with Gasteiger partial charge < -0.3 is 9.13 Å². The van der Waals surface area contributed by atoms with Gasteiger partial charge in [-0.05, 0) is 92.0 Å². The summed E-state index contributed by atoms with van der Waals surface area (Å²) in [7, 11) is 0. The maximum absolute atomic E-state index is 2.60. The highest BCUT2D eigenvalue weighted by Gasteiger charge is 2.24. The Morgan fingerprint density at radius 1 is 0.800 bits per heavy atom. The topological polar surface area (TPSA) is 9.86 Å². The van der Waals surface area contributed by atoms with E-state index in [2.05, 4.69) is 138 Å². The van der Waals surface area contributed by atoms with Crippen molar-refractivity contribution in [1.82, 2.24) is 9.13 Å². The van der Waals surface area contributed by atoms with E-state index in [1.807, 2.05) is 0 Å². The van der Waals surface area contributed by atoms with Crippen LogP contribution >= 0.6 is 0 Å². The van der Waals surface area contributed by atoms with Gasteiger partial charge in [0.15, 0.2) is 0 Å². The second-order valence-electron chi connectivity index (χ2n) is 13.2. The lowest BCUT2D eigenvalue weighted by atomic mass is 9.84. The van der Waals surface area contributed by atoms with Crippen molar-refractivity contribution >= 4 is 52.2 Å². The van der Waals surface area contributed by atoms with Crippen molar-refractivity contribution in [2.75, 3.05) is 0 Å². The van der Waals surface area contributed by atoms with Crippen molar-refractivity contribution < 1.29 is 0 Å². The maximum Gasteiger partial charge on any atom is 0.0548 e. The summed E-state index contributed by atoms with van der Waals surface area (Å²) in [5.74, 6) is 0.577. The first kappa shape index (κ1) is 26.6. The Morgan fingerprint density at radius 2 is 1.67 bits per heavy atom. The average molecular weight is 583 g/mol. The third-order valence-electron chi connectivity index (χ3n) is 10.6. The molecule has 0 radical (unpaired) electrons. The molecule has 3 aromatic carbocycles. The van der Waals surface area contributed by atoms with E-state index in [0.29, 0.717) is 5.92 Å². The van der Waals surface area contributed by atoms with E-state index in [9.17, 15) is 0 Å². The van der Waals surface area contributed by atoms with Gasteiger partial charge in [0.25, 0.3) is 0 Å². The summed E-state index contributed by atoms with van der Waals surface area (Å²) in [5.41, 5.74) is 15.0. The molecule has 1 unspecified atom stereocenters. The van der Waals surface area contributed by atoms with Crippen molar-refractivity contribution in [3.8, 4) is 11.4 Å². The molecule has 0 spiro atoms. The van der Waals surface area contributed by atoms with Crippen LogP contribution in [0.25, 0.3) is 63.6 Å². The van der Waals surface area contributed by atoms with Crippen LogP contribution in [0.1, 0.15) is 66.6 Å². The van der Waals surface area contributed by atoms with Crippen LogP contribution in [-0.4, -0.2) is 9.13 Å². The van der Waals surface area contributed by atoms with Gasteiger partial charge in [0.05, 0.1) is 22.1 Å². The zero-order chi connectivity index (χ0) is 30.1. The molecule has 4 aliphatic rings. The smallest absolute Gasteiger partial charge is 0.0548 e. The monoisotopic (exact) mass is 582 g/mol. The first-order chi connectivity index (χ1) is 22.2. The second-order valence-corrected chi connectivity index (χ2v) is 13.2. The molecule has 5 aromatic rings. The number of rotatable bonds is 2. The summed E-state index contributed by atoms with van der Waals surface area (Å²) in [6.45, 7) is 4.65. The number of hydrogen-bond acceptors (Lipinski definition) is 0. The van der Waals surface area contributed by atoms with Gasteiger partial charge in [0, 0.05) is 44.9 Å². The van der Waals surface area contributed by atoms with Crippen LogP contribution in [0.4, 0.5) is 0 Å². The molecule has 1 atom stereocenters. The number of fused-ring (bicyclic) bond motifs is 8. The van der Waals surface area contributed by atoms with Crippen molar-refractivity contribution in [3.63, 3.8) is 0 Å². The van der Waals surface area contributed by atoms with Gasteiger partial charge in [0.1, 0.15) is 0 Å². The largest absolute Gasteiger partial charge is 0.312 e. The van der Waals surface area contributed by atoms with E-state index in [4.69, 9.17) is 0 Å². The second kappa shape index (κ2) is 10.4. The fourth-order valence-electron chi connectivity index (χ4n) is 8.16. The standard InChI is InChI=1S/C43H38N2/c1-28-24-31-16-13-23-41(35(31)25-29(28)2)45-40-21-11-5-9-19-34(40)37-26-42-36(27-43(37)45)33-18-8-4-10-20-39(33)44(42)38-22-12-15-30-14-6-3-7-17-32(30)38/h4-6,8,10-16,18-19,21-23,25-28H,3,7,9,17,20,24H2,1-2H3. The van der Waals surface area contributed by atoms with E-state index >= 15 is 0 Å². The summed E-state index contributed by atoms with van der Waals surface area (Å²) in [6, 6.07) is 18.8. The van der Waals surface area contributed by atoms with Crippen LogP contribution in [0, 0.1) is 5.92 Å². The van der Waals surface area contributed by atoms with Gasteiger partial charge in [0.2, 0.25) is 0 Å². The Bertz CT molecular complexity index is 2340. The van der Waals surface area contributed by atoms with Crippen molar-refractivity contribution in [1.29, 1.82) is 0 Å². The maximum atomic E-state index is 2.60. The number of benzene rings is 3. The van der Waals surface area contributed by atoms with Gasteiger partial charge >= 0.3 is 0 Å².